The zero-order valence-electron chi connectivity index (χ0n) is 22.0. The summed E-state index contributed by atoms with van der Waals surface area (Å²) in [6, 6.07) is 30.3. The van der Waals surface area contributed by atoms with E-state index in [2.05, 4.69) is 142 Å². The van der Waals surface area contributed by atoms with Crippen molar-refractivity contribution in [1.82, 2.24) is 0 Å². The van der Waals surface area contributed by atoms with Gasteiger partial charge in [-0.15, -0.1) is 0 Å². The lowest BCUT2D eigenvalue weighted by Crippen LogP contribution is -2.19. The van der Waals surface area contributed by atoms with Gasteiger partial charge in [-0.25, -0.2) is 0 Å². The van der Waals surface area contributed by atoms with E-state index < -0.39 is 0 Å². The first-order valence-electron chi connectivity index (χ1n) is 13.2. The maximum atomic E-state index is 6.94. The number of nitrogens with zero attached hydrogens (tertiary/aromatic N) is 1. The van der Waals surface area contributed by atoms with Crippen LogP contribution in [0.15, 0.2) is 114 Å². The van der Waals surface area contributed by atoms with Crippen LogP contribution in [-0.2, 0) is 5.41 Å². The van der Waals surface area contributed by atoms with Gasteiger partial charge in [-0.2, -0.15) is 0 Å². The molecule has 1 heterocycles. The van der Waals surface area contributed by atoms with Gasteiger partial charge in [-0.1, -0.05) is 99.7 Å². The molecule has 2 heteroatoms. The van der Waals surface area contributed by atoms with Crippen LogP contribution in [0.25, 0.3) is 21.9 Å². The molecule has 0 spiro atoms. The normalized spacial score (nSPS) is 18.5. The Balaban J connectivity index is 1.66. The molecule has 2 nitrogen and oxygen atoms in total. The molecule has 37 heavy (non-hydrogen) atoms. The predicted octanol–water partition coefficient (Wildman–Crippen LogP) is 10.3. The highest BCUT2D eigenvalue weighted by Gasteiger charge is 2.29. The van der Waals surface area contributed by atoms with Gasteiger partial charge in [-0.3, -0.25) is 0 Å². The quantitative estimate of drug-likeness (QED) is 0.254. The first kappa shape index (κ1) is 23.4. The van der Waals surface area contributed by atoms with Gasteiger partial charge < -0.3 is 9.32 Å². The molecule has 1 unspecified atom stereocenters. The van der Waals surface area contributed by atoms with Crippen LogP contribution in [0, 0.1) is 6.92 Å². The molecule has 1 aliphatic carbocycles. The SMILES string of the molecule is Cc1cccc(N(c2ccccc2)c2cccc3c2oc2c4c(ccc23)C(C)(C)C/C=C\C=C/C4C)c1. The van der Waals surface area contributed by atoms with Gasteiger partial charge in [-0.05, 0) is 60.2 Å². The van der Waals surface area contributed by atoms with Gasteiger partial charge in [0.05, 0.1) is 5.69 Å². The van der Waals surface area contributed by atoms with Gasteiger partial charge in [0.2, 0.25) is 0 Å². The third-order valence-corrected chi connectivity index (χ3v) is 7.66. The number of allylic oxidation sites excluding steroid dienone is 4. The fourth-order valence-electron chi connectivity index (χ4n) is 5.74. The summed E-state index contributed by atoms with van der Waals surface area (Å²) in [6.45, 7) is 9.09. The van der Waals surface area contributed by atoms with E-state index in [0.29, 0.717) is 0 Å². The highest BCUT2D eigenvalue weighted by atomic mass is 16.3. The van der Waals surface area contributed by atoms with Crippen LogP contribution in [0.2, 0.25) is 0 Å². The first-order chi connectivity index (χ1) is 17.9. The second kappa shape index (κ2) is 9.12. The Labute approximate surface area is 219 Å². The van der Waals surface area contributed by atoms with Gasteiger partial charge in [0, 0.05) is 33.6 Å². The van der Waals surface area contributed by atoms with E-state index in [1.807, 2.05) is 0 Å². The largest absolute Gasteiger partial charge is 0.454 e. The molecule has 5 aromatic rings. The molecule has 184 valence electrons. The second-order valence-electron chi connectivity index (χ2n) is 10.9. The van der Waals surface area contributed by atoms with Crippen LogP contribution >= 0.6 is 0 Å². The summed E-state index contributed by atoms with van der Waals surface area (Å²) in [4.78, 5) is 2.31. The molecule has 0 N–H and O–H groups in total. The number of aryl methyl sites for hydroxylation is 1. The number of benzene rings is 4. The van der Waals surface area contributed by atoms with Crippen LogP contribution in [-0.4, -0.2) is 0 Å². The molecule has 0 amide bonds. The molecule has 6 rings (SSSR count). The lowest BCUT2D eigenvalue weighted by Gasteiger charge is -2.28. The topological polar surface area (TPSA) is 16.4 Å². The number of fused-ring (bicyclic) bond motifs is 5. The van der Waals surface area contributed by atoms with Gasteiger partial charge in [0.25, 0.3) is 0 Å². The predicted molar refractivity (Wildman–Crippen MR) is 157 cm³/mol. The fourth-order valence-corrected chi connectivity index (χ4v) is 5.74. The Kier molecular flexibility index (Phi) is 5.76. The molecule has 0 bridgehead atoms. The van der Waals surface area contributed by atoms with Crippen molar-refractivity contribution < 1.29 is 4.42 Å². The lowest BCUT2D eigenvalue weighted by molar-refractivity contribution is 0.525. The Morgan fingerprint density at radius 3 is 2.35 bits per heavy atom. The third kappa shape index (κ3) is 4.07. The van der Waals surface area contributed by atoms with Crippen LogP contribution in [0.5, 0.6) is 0 Å². The maximum Gasteiger partial charge on any atom is 0.159 e. The van der Waals surface area contributed by atoms with Crippen molar-refractivity contribution in [3.05, 3.63) is 126 Å². The number of para-hydroxylation sites is 2. The van der Waals surface area contributed by atoms with Crippen molar-refractivity contribution in [2.24, 2.45) is 0 Å². The van der Waals surface area contributed by atoms with Crippen LogP contribution in [0.4, 0.5) is 17.1 Å². The smallest absolute Gasteiger partial charge is 0.159 e. The monoisotopic (exact) mass is 483 g/mol. The average Bonchev–Trinajstić information content (AvgIpc) is 3.29. The van der Waals surface area contributed by atoms with E-state index >= 15 is 0 Å². The number of anilines is 3. The van der Waals surface area contributed by atoms with Crippen molar-refractivity contribution in [3.8, 4) is 0 Å². The number of hydrogen-bond acceptors (Lipinski definition) is 2. The zero-order chi connectivity index (χ0) is 25.6. The summed E-state index contributed by atoms with van der Waals surface area (Å²) < 4.78 is 6.94. The van der Waals surface area contributed by atoms with Gasteiger partial charge >= 0.3 is 0 Å². The standard InChI is InChI=1S/C35H33NO/c1-24-13-11-17-27(23-24)36(26-15-8-5-9-16-26)31-19-12-18-28-29-20-21-30-32(34(29)37-33(28)31)25(2)14-7-6-10-22-35(30,3)4/h5-21,23,25H,22H2,1-4H3/b10-6-,14-7-. The van der Waals surface area contributed by atoms with Gasteiger partial charge in [0.1, 0.15) is 5.58 Å². The van der Waals surface area contributed by atoms with Crippen LogP contribution in [0.3, 0.4) is 0 Å². The maximum absolute atomic E-state index is 6.94. The molecule has 4 aromatic carbocycles. The van der Waals surface area contributed by atoms with E-state index in [9.17, 15) is 0 Å². The Morgan fingerprint density at radius 1 is 0.784 bits per heavy atom. The second-order valence-corrected chi connectivity index (χ2v) is 10.9. The summed E-state index contributed by atoms with van der Waals surface area (Å²) >= 11 is 0. The van der Waals surface area contributed by atoms with E-state index in [1.54, 1.807) is 0 Å². The van der Waals surface area contributed by atoms with E-state index in [1.165, 1.54) is 22.1 Å². The van der Waals surface area contributed by atoms with Crippen molar-refractivity contribution >= 4 is 39.0 Å². The Morgan fingerprint density at radius 2 is 1.54 bits per heavy atom. The fraction of sp³-hybridized carbons (Fsp3) is 0.200. The van der Waals surface area contributed by atoms with E-state index in [4.69, 9.17) is 4.42 Å². The molecular formula is C35H33NO. The first-order valence-corrected chi connectivity index (χ1v) is 13.2. The van der Waals surface area contributed by atoms with Gasteiger partial charge in [0.15, 0.2) is 5.58 Å². The van der Waals surface area contributed by atoms with Crippen molar-refractivity contribution in [2.45, 2.75) is 45.4 Å². The zero-order valence-corrected chi connectivity index (χ0v) is 22.0. The van der Waals surface area contributed by atoms with E-state index in [-0.39, 0.29) is 11.3 Å². The highest BCUT2D eigenvalue weighted by molar-refractivity contribution is 6.11. The molecule has 0 saturated carbocycles. The minimum atomic E-state index is 0.0136. The van der Waals surface area contributed by atoms with E-state index in [0.717, 1.165) is 40.0 Å². The molecular weight excluding hydrogens is 450 g/mol. The van der Waals surface area contributed by atoms with Crippen LogP contribution < -0.4 is 4.90 Å². The molecule has 1 aliphatic rings. The molecule has 0 radical (unpaired) electrons. The summed E-state index contributed by atoms with van der Waals surface area (Å²) in [6.07, 6.45) is 9.91. The Bertz CT molecular complexity index is 1650. The number of rotatable bonds is 3. The van der Waals surface area contributed by atoms with Crippen LogP contribution in [0.1, 0.15) is 49.8 Å². The minimum Gasteiger partial charge on any atom is -0.454 e. The highest BCUT2D eigenvalue weighted by Crippen LogP contribution is 2.46. The molecule has 0 saturated heterocycles. The third-order valence-electron chi connectivity index (χ3n) is 7.66. The molecule has 0 aliphatic heterocycles. The molecule has 1 aromatic heterocycles. The summed E-state index contributed by atoms with van der Waals surface area (Å²) in [7, 11) is 0. The molecule has 0 fully saturated rings. The minimum absolute atomic E-state index is 0.0136. The number of hydrogen-bond donors (Lipinski definition) is 0. The summed E-state index contributed by atoms with van der Waals surface area (Å²) in [5, 5.41) is 2.33. The van der Waals surface area contributed by atoms with Crippen molar-refractivity contribution in [1.29, 1.82) is 0 Å². The van der Waals surface area contributed by atoms with Crippen molar-refractivity contribution in [3.63, 3.8) is 0 Å². The molecule has 1 atom stereocenters. The Hall–Kier alpha value is -4.04. The summed E-state index contributed by atoms with van der Waals surface area (Å²) in [5.74, 6) is 0.242. The summed E-state index contributed by atoms with van der Waals surface area (Å²) in [5.41, 5.74) is 9.10. The average molecular weight is 484 g/mol. The lowest BCUT2D eigenvalue weighted by atomic mass is 9.76. The van der Waals surface area contributed by atoms with Crippen molar-refractivity contribution in [2.75, 3.05) is 4.90 Å². The number of furan rings is 1.